The molecule has 0 aliphatic carbocycles. The molecule has 10 nitrogen and oxygen atoms in total. The van der Waals surface area contributed by atoms with E-state index in [1.54, 1.807) is 24.3 Å². The second-order valence-corrected chi connectivity index (χ2v) is 10.9. The monoisotopic (exact) mass is 483 g/mol. The summed E-state index contributed by atoms with van der Waals surface area (Å²) in [6.45, 7) is 6.20. The number of carbonyl (C=O) groups is 2. The number of piperazine rings is 1. The molecule has 3 aromatic rings. The summed E-state index contributed by atoms with van der Waals surface area (Å²) in [4.78, 5) is 28.6. The fourth-order valence-corrected chi connectivity index (χ4v) is 4.70. The first-order chi connectivity index (χ1) is 16.0. The summed E-state index contributed by atoms with van der Waals surface area (Å²) in [6.07, 6.45) is 0. The van der Waals surface area contributed by atoms with Gasteiger partial charge in [-0.3, -0.25) is 9.59 Å². The van der Waals surface area contributed by atoms with Gasteiger partial charge in [0.15, 0.2) is 0 Å². The van der Waals surface area contributed by atoms with Crippen molar-refractivity contribution in [3.05, 3.63) is 60.0 Å². The topological polar surface area (TPSA) is 134 Å². The van der Waals surface area contributed by atoms with Crippen LogP contribution in [0.25, 0.3) is 11.4 Å². The van der Waals surface area contributed by atoms with Gasteiger partial charge < -0.3 is 15.2 Å². The number of nitrogens with one attached hydrogen (secondary N) is 2. The molecule has 0 radical (unpaired) electrons. The fourth-order valence-electron chi connectivity index (χ4n) is 3.30. The number of aromatic nitrogens is 2. The van der Waals surface area contributed by atoms with Crippen molar-refractivity contribution in [2.45, 2.75) is 31.1 Å². The van der Waals surface area contributed by atoms with E-state index in [4.69, 9.17) is 4.52 Å². The Morgan fingerprint density at radius 1 is 1.09 bits per heavy atom. The van der Waals surface area contributed by atoms with E-state index in [0.717, 1.165) is 9.87 Å². The molecule has 2 amide bonds. The van der Waals surface area contributed by atoms with Crippen LogP contribution in [0.4, 0.5) is 5.69 Å². The number of benzene rings is 2. The Bertz CT molecular complexity index is 1310. The van der Waals surface area contributed by atoms with Crippen molar-refractivity contribution in [1.82, 2.24) is 19.8 Å². The lowest BCUT2D eigenvalue weighted by Gasteiger charge is -2.25. The van der Waals surface area contributed by atoms with Gasteiger partial charge in [0.25, 0.3) is 5.91 Å². The van der Waals surface area contributed by atoms with Crippen molar-refractivity contribution >= 4 is 27.5 Å². The minimum absolute atomic E-state index is 0.0258. The van der Waals surface area contributed by atoms with E-state index in [1.807, 2.05) is 20.8 Å². The Hall–Kier alpha value is -3.57. The lowest BCUT2D eigenvalue weighted by Crippen LogP contribution is -2.49. The lowest BCUT2D eigenvalue weighted by atomic mass is 9.97. The lowest BCUT2D eigenvalue weighted by molar-refractivity contribution is -0.122. The molecular formula is C23H25N5O5S. The predicted octanol–water partition coefficient (Wildman–Crippen LogP) is 2.41. The number of sulfonamides is 1. The molecule has 4 rings (SSSR count). The summed E-state index contributed by atoms with van der Waals surface area (Å²) in [5, 5.41) is 9.38. The maximum Gasteiger partial charge on any atom is 0.255 e. The molecule has 0 saturated carbocycles. The van der Waals surface area contributed by atoms with Crippen LogP contribution in [0.5, 0.6) is 0 Å². The van der Waals surface area contributed by atoms with Crippen molar-refractivity contribution in [3.63, 3.8) is 0 Å². The number of amides is 2. The largest absolute Gasteiger partial charge is 0.354 e. The molecular weight excluding hydrogens is 458 g/mol. The van der Waals surface area contributed by atoms with E-state index < -0.39 is 10.0 Å². The molecule has 2 heterocycles. The highest BCUT2D eigenvalue weighted by Crippen LogP contribution is 2.25. The van der Waals surface area contributed by atoms with Crippen LogP contribution in [0.3, 0.4) is 0 Å². The van der Waals surface area contributed by atoms with Crippen LogP contribution < -0.4 is 10.6 Å². The summed E-state index contributed by atoms with van der Waals surface area (Å²) in [7, 11) is -3.81. The van der Waals surface area contributed by atoms with E-state index in [-0.39, 0.29) is 41.8 Å². The SMILES string of the molecule is CC(C)(C)c1nc(-c2ccc(NC(=O)c3ccc(S(=O)(=O)N4CCNC(=O)C4)cc3)cc2)no1. The minimum atomic E-state index is -3.81. The molecule has 1 aliphatic rings. The van der Waals surface area contributed by atoms with Crippen molar-refractivity contribution in [2.24, 2.45) is 0 Å². The first-order valence-corrected chi connectivity index (χ1v) is 12.1. The van der Waals surface area contributed by atoms with Crippen molar-refractivity contribution in [2.75, 3.05) is 25.0 Å². The third-order valence-electron chi connectivity index (χ3n) is 5.23. The van der Waals surface area contributed by atoms with Crippen LogP contribution in [0, 0.1) is 0 Å². The highest BCUT2D eigenvalue weighted by Gasteiger charge is 2.29. The number of carbonyl (C=O) groups excluding carboxylic acids is 2. The summed E-state index contributed by atoms with van der Waals surface area (Å²) in [5.41, 5.74) is 1.35. The molecule has 0 bridgehead atoms. The smallest absolute Gasteiger partial charge is 0.255 e. The van der Waals surface area contributed by atoms with Gasteiger partial charge in [-0.1, -0.05) is 25.9 Å². The quantitative estimate of drug-likeness (QED) is 0.569. The van der Waals surface area contributed by atoms with Gasteiger partial charge in [0.2, 0.25) is 27.6 Å². The zero-order valence-corrected chi connectivity index (χ0v) is 19.8. The highest BCUT2D eigenvalue weighted by atomic mass is 32.2. The fraction of sp³-hybridized carbons (Fsp3) is 0.304. The van der Waals surface area contributed by atoms with Crippen LogP contribution in [0.15, 0.2) is 57.9 Å². The predicted molar refractivity (Wildman–Crippen MR) is 125 cm³/mol. The summed E-state index contributed by atoms with van der Waals surface area (Å²) in [5.74, 6) is 0.272. The molecule has 1 saturated heterocycles. The normalized spacial score (nSPS) is 15.1. The highest BCUT2D eigenvalue weighted by molar-refractivity contribution is 7.89. The Balaban J connectivity index is 1.43. The second kappa shape index (κ2) is 8.99. The van der Waals surface area contributed by atoms with Crippen molar-refractivity contribution in [1.29, 1.82) is 0 Å². The first-order valence-electron chi connectivity index (χ1n) is 10.7. The third-order valence-corrected chi connectivity index (χ3v) is 7.09. The molecule has 1 aliphatic heterocycles. The molecule has 2 aromatic carbocycles. The first kappa shape index (κ1) is 23.6. The number of hydrogen-bond acceptors (Lipinski definition) is 7. The molecule has 2 N–H and O–H groups in total. The maximum atomic E-state index is 12.7. The van der Waals surface area contributed by atoms with Crippen molar-refractivity contribution in [3.8, 4) is 11.4 Å². The molecule has 0 atom stereocenters. The van der Waals surface area contributed by atoms with E-state index >= 15 is 0 Å². The van der Waals surface area contributed by atoms with Gasteiger partial charge in [-0.25, -0.2) is 8.42 Å². The standard InChI is InChI=1S/C23H25N5O5S/c1-23(2,3)22-26-20(27-33-22)15-4-8-17(9-5-15)25-21(30)16-6-10-18(11-7-16)34(31,32)28-13-12-24-19(29)14-28/h4-11H,12-14H2,1-3H3,(H,24,29)(H,25,30). The molecule has 11 heteroatoms. The molecule has 1 aromatic heterocycles. The van der Waals surface area contributed by atoms with Gasteiger partial charge in [-0.05, 0) is 48.5 Å². The Morgan fingerprint density at radius 3 is 2.35 bits per heavy atom. The maximum absolute atomic E-state index is 12.7. The molecule has 0 unspecified atom stereocenters. The van der Waals surface area contributed by atoms with Gasteiger partial charge in [0.05, 0.1) is 11.4 Å². The number of hydrogen-bond donors (Lipinski definition) is 2. The number of anilines is 1. The summed E-state index contributed by atoms with van der Waals surface area (Å²) in [6, 6.07) is 12.6. The van der Waals surface area contributed by atoms with E-state index in [9.17, 15) is 18.0 Å². The average Bonchev–Trinajstić information content (AvgIpc) is 3.31. The van der Waals surface area contributed by atoms with Crippen LogP contribution in [-0.4, -0.2) is 54.3 Å². The minimum Gasteiger partial charge on any atom is -0.354 e. The summed E-state index contributed by atoms with van der Waals surface area (Å²) < 4.78 is 31.9. The van der Waals surface area contributed by atoms with Gasteiger partial charge in [-0.15, -0.1) is 0 Å². The van der Waals surface area contributed by atoms with E-state index in [1.165, 1.54) is 24.3 Å². The van der Waals surface area contributed by atoms with Crippen LogP contribution in [0.1, 0.15) is 37.0 Å². The molecule has 34 heavy (non-hydrogen) atoms. The number of nitrogens with zero attached hydrogens (tertiary/aromatic N) is 3. The van der Waals surface area contributed by atoms with Gasteiger partial charge in [0, 0.05) is 35.3 Å². The molecule has 178 valence electrons. The zero-order valence-electron chi connectivity index (χ0n) is 19.0. The average molecular weight is 484 g/mol. The van der Waals surface area contributed by atoms with Crippen molar-refractivity contribution < 1.29 is 22.5 Å². The Kier molecular flexibility index (Phi) is 6.24. The molecule has 0 spiro atoms. The summed E-state index contributed by atoms with van der Waals surface area (Å²) >= 11 is 0. The molecule has 1 fully saturated rings. The van der Waals surface area contributed by atoms with Crippen LogP contribution in [0.2, 0.25) is 0 Å². The van der Waals surface area contributed by atoms with E-state index in [0.29, 0.717) is 23.0 Å². The number of rotatable bonds is 5. The third kappa shape index (κ3) is 5.00. The second-order valence-electron chi connectivity index (χ2n) is 8.92. The van der Waals surface area contributed by atoms with Gasteiger partial charge in [0.1, 0.15) is 0 Å². The Labute approximate surface area is 197 Å². The Morgan fingerprint density at radius 2 is 1.76 bits per heavy atom. The zero-order chi connectivity index (χ0) is 24.5. The van der Waals surface area contributed by atoms with Gasteiger partial charge in [-0.2, -0.15) is 9.29 Å². The van der Waals surface area contributed by atoms with E-state index in [2.05, 4.69) is 20.8 Å². The van der Waals surface area contributed by atoms with Gasteiger partial charge >= 0.3 is 0 Å². The van der Waals surface area contributed by atoms with Crippen LogP contribution >= 0.6 is 0 Å². The van der Waals surface area contributed by atoms with Crippen LogP contribution in [-0.2, 0) is 20.2 Å².